The zero-order chi connectivity index (χ0) is 44.4. The lowest BCUT2D eigenvalue weighted by molar-refractivity contribution is 0.0513. The van der Waals surface area contributed by atoms with Crippen LogP contribution in [0.3, 0.4) is 0 Å². The number of fused-ring (bicyclic) bond motifs is 3. The van der Waals surface area contributed by atoms with Gasteiger partial charge in [0.1, 0.15) is 58.2 Å². The summed E-state index contributed by atoms with van der Waals surface area (Å²) >= 11 is 0. The average molecular weight is 861 g/mol. The van der Waals surface area contributed by atoms with Gasteiger partial charge in [-0.1, -0.05) is 20.8 Å². The van der Waals surface area contributed by atoms with Crippen molar-refractivity contribution in [3.63, 3.8) is 0 Å². The van der Waals surface area contributed by atoms with E-state index >= 15 is 0 Å². The molecule has 0 N–H and O–H groups in total. The Bertz CT molecular complexity index is 2600. The number of carbonyl (C=O) groups is 3. The van der Waals surface area contributed by atoms with Crippen LogP contribution < -0.4 is 28.1 Å². The van der Waals surface area contributed by atoms with E-state index < -0.39 is 26.2 Å². The molecule has 0 radical (unpaired) electrons. The topological polar surface area (TPSA) is 174 Å². The summed E-state index contributed by atoms with van der Waals surface area (Å²) in [6.45, 7) is 17.3. The molecule has 3 heterocycles. The molecule has 61 heavy (non-hydrogen) atoms. The maximum Gasteiger partial charge on any atom is 0.342 e. The fourth-order valence-electron chi connectivity index (χ4n) is 6.55. The molecule has 0 bridgehead atoms. The van der Waals surface area contributed by atoms with Gasteiger partial charge in [0.25, 0.3) is 8.32 Å². The Labute approximate surface area is 354 Å². The number of benzene rings is 3. The maximum atomic E-state index is 13.6. The number of methoxy groups -OCH3 is 3. The van der Waals surface area contributed by atoms with E-state index in [4.69, 9.17) is 55.6 Å². The van der Waals surface area contributed by atoms with E-state index in [0.717, 1.165) is 0 Å². The third kappa shape index (κ3) is 8.67. The Morgan fingerprint density at radius 2 is 0.902 bits per heavy atom. The summed E-state index contributed by atoms with van der Waals surface area (Å²) < 4.78 is 70.6. The molecule has 0 saturated carbocycles. The van der Waals surface area contributed by atoms with Crippen molar-refractivity contribution >= 4 is 59.1 Å². The first-order valence-electron chi connectivity index (χ1n) is 19.8. The molecule has 15 nitrogen and oxygen atoms in total. The molecule has 6 rings (SSSR count). The van der Waals surface area contributed by atoms with Gasteiger partial charge in [0, 0.05) is 34.4 Å². The minimum absolute atomic E-state index is 0.0857. The number of ether oxygens (including phenoxy) is 8. The molecule has 0 atom stereocenters. The van der Waals surface area contributed by atoms with Crippen LogP contribution in [-0.2, 0) is 27.4 Å². The first-order chi connectivity index (χ1) is 29.0. The number of aryl methyl sites for hydroxylation is 1. The van der Waals surface area contributed by atoms with E-state index in [2.05, 4.69) is 33.9 Å². The lowest BCUT2D eigenvalue weighted by atomic mass is 10.1. The number of esters is 3. The van der Waals surface area contributed by atoms with Gasteiger partial charge < -0.3 is 55.6 Å². The SMILES string of the molecule is CCOC(=O)c1c(C)oc2cc(OC)c(OCc3oc4cc(OC)c(OCc5oc6cc(OC)c(O[Si](C)(C)C(C)(C)C)cc6c5C(=O)OCC)cc4c3C(=O)OCC)cc12. The van der Waals surface area contributed by atoms with Crippen LogP contribution in [0.15, 0.2) is 49.6 Å². The van der Waals surface area contributed by atoms with Gasteiger partial charge in [-0.05, 0) is 64.0 Å². The van der Waals surface area contributed by atoms with Crippen LogP contribution in [0.4, 0.5) is 0 Å². The van der Waals surface area contributed by atoms with Crippen LogP contribution in [0.5, 0.6) is 34.5 Å². The Balaban J connectivity index is 1.38. The highest BCUT2D eigenvalue weighted by atomic mass is 28.4. The Kier molecular flexibility index (Phi) is 12.9. The number of rotatable bonds is 17. The highest BCUT2D eigenvalue weighted by molar-refractivity contribution is 6.74. The molecule has 3 aromatic heterocycles. The van der Waals surface area contributed by atoms with Gasteiger partial charge in [0.05, 0.1) is 41.2 Å². The van der Waals surface area contributed by atoms with Crippen molar-refractivity contribution in [3.8, 4) is 34.5 Å². The number of carbonyl (C=O) groups excluding carboxylic acids is 3. The molecule has 0 aliphatic carbocycles. The van der Waals surface area contributed by atoms with Crippen LogP contribution in [0.25, 0.3) is 32.9 Å². The molecule has 0 fully saturated rings. The quantitative estimate of drug-likeness (QED) is 0.0481. The van der Waals surface area contributed by atoms with E-state index in [1.165, 1.54) is 14.2 Å². The van der Waals surface area contributed by atoms with E-state index in [1.807, 2.05) is 0 Å². The van der Waals surface area contributed by atoms with Crippen molar-refractivity contribution in [2.45, 2.75) is 79.8 Å². The zero-order valence-electron chi connectivity index (χ0n) is 36.6. The molecule has 0 amide bonds. The van der Waals surface area contributed by atoms with Gasteiger partial charge in [0.2, 0.25) is 0 Å². The molecular formula is C45H52O15Si. The van der Waals surface area contributed by atoms with Gasteiger partial charge in [-0.3, -0.25) is 0 Å². The second kappa shape index (κ2) is 17.7. The van der Waals surface area contributed by atoms with Gasteiger partial charge in [-0.15, -0.1) is 0 Å². The number of hydrogen-bond donors (Lipinski definition) is 0. The fraction of sp³-hybridized carbons (Fsp3) is 0.400. The fourth-order valence-corrected chi connectivity index (χ4v) is 7.57. The second-order valence-corrected chi connectivity index (χ2v) is 20.2. The molecule has 0 unspecified atom stereocenters. The molecule has 0 aliphatic rings. The summed E-state index contributed by atoms with van der Waals surface area (Å²) in [5, 5.41) is 1.16. The molecule has 3 aromatic carbocycles. The van der Waals surface area contributed by atoms with E-state index in [0.29, 0.717) is 50.3 Å². The third-order valence-corrected chi connectivity index (χ3v) is 14.9. The second-order valence-electron chi connectivity index (χ2n) is 15.4. The molecule has 0 saturated heterocycles. The van der Waals surface area contributed by atoms with Gasteiger partial charge in [0.15, 0.2) is 40.3 Å². The monoisotopic (exact) mass is 860 g/mol. The summed E-state index contributed by atoms with van der Waals surface area (Å²) in [4.78, 5) is 40.0. The molecule has 6 aromatic rings. The van der Waals surface area contributed by atoms with Crippen molar-refractivity contribution in [1.29, 1.82) is 0 Å². The number of furan rings is 3. The molecule has 0 spiro atoms. The van der Waals surface area contributed by atoms with E-state index in [9.17, 15) is 14.4 Å². The molecule has 0 aliphatic heterocycles. The van der Waals surface area contributed by atoms with Crippen LogP contribution >= 0.6 is 0 Å². The van der Waals surface area contributed by atoms with Crippen molar-refractivity contribution in [2.75, 3.05) is 41.2 Å². The van der Waals surface area contributed by atoms with Crippen LogP contribution in [0.1, 0.15) is 89.9 Å². The summed E-state index contributed by atoms with van der Waals surface area (Å²) in [5.41, 5.74) is 1.56. The summed E-state index contributed by atoms with van der Waals surface area (Å²) in [6, 6.07) is 9.79. The first-order valence-corrected chi connectivity index (χ1v) is 22.7. The molecular weight excluding hydrogens is 809 g/mol. The van der Waals surface area contributed by atoms with Gasteiger partial charge in [-0.2, -0.15) is 0 Å². The summed E-state index contributed by atoms with van der Waals surface area (Å²) in [6.07, 6.45) is 0. The standard InChI is InChI=1S/C45H52O15Si/c1-13-52-42(46)39-24(4)57-28-19-31(49-8)34(16-25(28)39)55-22-37-40(43(47)53-14-2)26-17-35(32(50-9)20-29(26)58-37)56-23-38-41(44(48)54-15-3)27-18-36(33(51-10)21-30(27)59-38)60-61(11,12)45(5,6)7/h16-21H,13-15,22-23H2,1-12H3. The summed E-state index contributed by atoms with van der Waals surface area (Å²) in [5.74, 6) is 0.837. The van der Waals surface area contributed by atoms with Crippen molar-refractivity contribution < 1.29 is 70.0 Å². The summed E-state index contributed by atoms with van der Waals surface area (Å²) in [7, 11) is 2.14. The largest absolute Gasteiger partial charge is 0.541 e. The lowest BCUT2D eigenvalue weighted by Gasteiger charge is -2.36. The zero-order valence-corrected chi connectivity index (χ0v) is 37.6. The van der Waals surface area contributed by atoms with Crippen LogP contribution in [-0.4, -0.2) is 67.4 Å². The average Bonchev–Trinajstić information content (AvgIpc) is 3.86. The molecule has 16 heteroatoms. The van der Waals surface area contributed by atoms with Gasteiger partial charge >= 0.3 is 17.9 Å². The minimum Gasteiger partial charge on any atom is -0.541 e. The predicted molar refractivity (Wildman–Crippen MR) is 227 cm³/mol. The predicted octanol–water partition coefficient (Wildman–Crippen LogP) is 10.3. The van der Waals surface area contributed by atoms with E-state index in [1.54, 1.807) is 71.2 Å². The van der Waals surface area contributed by atoms with Crippen LogP contribution in [0, 0.1) is 6.92 Å². The Morgan fingerprint density at radius 1 is 0.541 bits per heavy atom. The van der Waals surface area contributed by atoms with Gasteiger partial charge in [-0.25, -0.2) is 14.4 Å². The Hall–Kier alpha value is -6.29. The van der Waals surface area contributed by atoms with Crippen molar-refractivity contribution in [2.24, 2.45) is 0 Å². The lowest BCUT2D eigenvalue weighted by Crippen LogP contribution is -2.43. The van der Waals surface area contributed by atoms with Crippen molar-refractivity contribution in [3.05, 3.63) is 70.4 Å². The normalized spacial score (nSPS) is 11.8. The van der Waals surface area contributed by atoms with E-state index in [-0.39, 0.29) is 89.1 Å². The maximum absolute atomic E-state index is 13.6. The van der Waals surface area contributed by atoms with Crippen molar-refractivity contribution in [1.82, 2.24) is 0 Å². The molecule has 326 valence electrons. The third-order valence-electron chi connectivity index (χ3n) is 10.6. The highest BCUT2D eigenvalue weighted by Crippen LogP contribution is 2.44. The highest BCUT2D eigenvalue weighted by Gasteiger charge is 2.40. The minimum atomic E-state index is -2.33. The number of hydrogen-bond acceptors (Lipinski definition) is 15. The first kappa shape index (κ1) is 44.3. The Morgan fingerprint density at radius 3 is 1.30 bits per heavy atom. The van der Waals surface area contributed by atoms with Crippen LogP contribution in [0.2, 0.25) is 18.1 Å². The smallest absolute Gasteiger partial charge is 0.342 e.